The van der Waals surface area contributed by atoms with Crippen molar-refractivity contribution in [1.29, 1.82) is 0 Å². The van der Waals surface area contributed by atoms with Crippen molar-refractivity contribution in [2.24, 2.45) is 0 Å². The molecule has 2 saturated heterocycles. The third-order valence-electron chi connectivity index (χ3n) is 7.12. The summed E-state index contributed by atoms with van der Waals surface area (Å²) in [4.78, 5) is 15.4. The molecule has 3 aromatic heterocycles. The van der Waals surface area contributed by atoms with Crippen LogP contribution in [0.15, 0.2) is 47.1 Å². The number of piperazine rings is 1. The Morgan fingerprint density at radius 1 is 1.15 bits per heavy atom. The number of nitrogen functional groups attached to an aromatic ring is 1. The molecule has 2 fully saturated rings. The van der Waals surface area contributed by atoms with E-state index >= 15 is 0 Å². The van der Waals surface area contributed by atoms with Gasteiger partial charge in [-0.2, -0.15) is 19.6 Å². The van der Waals surface area contributed by atoms with Crippen LogP contribution in [0, 0.1) is 5.82 Å². The molecule has 0 bridgehead atoms. The first-order valence-corrected chi connectivity index (χ1v) is 12.9. The largest absolute Gasteiger partial charge is 0.485 e. The standard InChI is InChI=1S/C26H31FN8O4/c1-32(26-29-24-14-19(22-3-2-12-38-22)31-35(24)25(28)30-26)6-7-33-8-10-34(11-9-33)20-5-4-17(13-18(20)27)39-23-16-37-15-21(23)36/h2-5,12-14,21,23,36H,6-11,15-16H2,1H3,(H2,28,29,30)/t21-,23-/m1/s1. The topological polar surface area (TPSA) is 131 Å². The first-order valence-electron chi connectivity index (χ1n) is 12.9. The lowest BCUT2D eigenvalue weighted by molar-refractivity contribution is 0.0731. The van der Waals surface area contributed by atoms with Crippen LogP contribution in [0.4, 0.5) is 22.0 Å². The first-order chi connectivity index (χ1) is 18.9. The molecule has 2 aliphatic heterocycles. The predicted molar refractivity (Wildman–Crippen MR) is 142 cm³/mol. The summed E-state index contributed by atoms with van der Waals surface area (Å²) >= 11 is 0. The summed E-state index contributed by atoms with van der Waals surface area (Å²) in [6.45, 7) is 5.05. The van der Waals surface area contributed by atoms with Crippen LogP contribution in [0.25, 0.3) is 17.1 Å². The Balaban J connectivity index is 1.02. The number of aromatic nitrogens is 4. The smallest absolute Gasteiger partial charge is 0.230 e. The van der Waals surface area contributed by atoms with Crippen molar-refractivity contribution < 1.29 is 23.4 Å². The number of hydrogen-bond acceptors (Lipinski definition) is 11. The van der Waals surface area contributed by atoms with E-state index in [1.54, 1.807) is 24.5 Å². The number of anilines is 3. The summed E-state index contributed by atoms with van der Waals surface area (Å²) in [6.07, 6.45) is 0.424. The summed E-state index contributed by atoms with van der Waals surface area (Å²) in [5.41, 5.74) is 7.94. The van der Waals surface area contributed by atoms with E-state index in [1.165, 1.54) is 10.6 Å². The fraction of sp³-hybridized carbons (Fsp3) is 0.423. The Morgan fingerprint density at radius 3 is 2.72 bits per heavy atom. The van der Waals surface area contributed by atoms with Gasteiger partial charge in [0.2, 0.25) is 11.9 Å². The van der Waals surface area contributed by atoms with Gasteiger partial charge in [-0.05, 0) is 24.3 Å². The molecule has 0 amide bonds. The summed E-state index contributed by atoms with van der Waals surface area (Å²) in [7, 11) is 1.93. The highest BCUT2D eigenvalue weighted by Gasteiger charge is 2.28. The van der Waals surface area contributed by atoms with Crippen LogP contribution in [0.3, 0.4) is 0 Å². The Labute approximate surface area is 224 Å². The van der Waals surface area contributed by atoms with E-state index in [0.717, 1.165) is 19.6 Å². The van der Waals surface area contributed by atoms with E-state index in [-0.39, 0.29) is 18.4 Å². The van der Waals surface area contributed by atoms with E-state index in [0.29, 0.717) is 60.7 Å². The number of nitrogens with zero attached hydrogens (tertiary/aromatic N) is 7. The first kappa shape index (κ1) is 25.3. The molecule has 6 rings (SSSR count). The number of aliphatic hydroxyl groups excluding tert-OH is 1. The molecule has 1 aromatic carbocycles. The van der Waals surface area contributed by atoms with E-state index in [1.807, 2.05) is 29.0 Å². The van der Waals surface area contributed by atoms with Crippen molar-refractivity contribution in [2.45, 2.75) is 12.2 Å². The van der Waals surface area contributed by atoms with E-state index in [4.69, 9.17) is 19.6 Å². The SMILES string of the molecule is CN(CCN1CCN(c2ccc(O[C@@H]3COC[C@H]3O)cc2F)CC1)c1nc(N)n2nc(-c3ccco3)cc2n1. The Bertz CT molecular complexity index is 1420. The van der Waals surface area contributed by atoms with Crippen molar-refractivity contribution in [1.82, 2.24) is 24.5 Å². The maximum absolute atomic E-state index is 14.9. The maximum atomic E-state index is 14.9. The molecule has 0 saturated carbocycles. The summed E-state index contributed by atoms with van der Waals surface area (Å²) in [6, 6.07) is 10.3. The van der Waals surface area contributed by atoms with Gasteiger partial charge in [0.1, 0.15) is 29.5 Å². The number of likely N-dealkylation sites (N-methyl/N-ethyl adjacent to an activating group) is 1. The van der Waals surface area contributed by atoms with Crippen molar-refractivity contribution in [3.8, 4) is 17.2 Å². The second-order valence-corrected chi connectivity index (χ2v) is 9.78. The number of halogens is 1. The predicted octanol–water partition coefficient (Wildman–Crippen LogP) is 1.50. The Morgan fingerprint density at radius 2 is 2.00 bits per heavy atom. The molecule has 2 atom stereocenters. The molecule has 0 aliphatic carbocycles. The zero-order valence-electron chi connectivity index (χ0n) is 21.6. The number of furan rings is 1. The van der Waals surface area contributed by atoms with E-state index < -0.39 is 12.2 Å². The second kappa shape index (κ2) is 10.7. The molecule has 3 N–H and O–H groups in total. The van der Waals surface area contributed by atoms with Gasteiger partial charge < -0.3 is 34.5 Å². The summed E-state index contributed by atoms with van der Waals surface area (Å²) in [5.74, 6) is 1.46. The quantitative estimate of drug-likeness (QED) is 0.338. The Hall–Kier alpha value is -3.94. The average molecular weight is 539 g/mol. The number of rotatable bonds is 8. The molecular weight excluding hydrogens is 507 g/mol. The lowest BCUT2D eigenvalue weighted by Gasteiger charge is -2.36. The van der Waals surface area contributed by atoms with Gasteiger partial charge in [0.15, 0.2) is 11.4 Å². The zero-order chi connectivity index (χ0) is 26.9. The molecule has 4 aromatic rings. The number of ether oxygens (including phenoxy) is 2. The van der Waals surface area contributed by atoms with Crippen LogP contribution >= 0.6 is 0 Å². The molecule has 0 unspecified atom stereocenters. The highest BCUT2D eigenvalue weighted by molar-refractivity contribution is 5.61. The van der Waals surface area contributed by atoms with Crippen LogP contribution in [-0.2, 0) is 4.74 Å². The summed E-state index contributed by atoms with van der Waals surface area (Å²) < 4.78 is 32.7. The van der Waals surface area contributed by atoms with Gasteiger partial charge in [0.05, 0.1) is 25.2 Å². The van der Waals surface area contributed by atoms with Gasteiger partial charge >= 0.3 is 0 Å². The second-order valence-electron chi connectivity index (χ2n) is 9.78. The maximum Gasteiger partial charge on any atom is 0.230 e. The molecule has 39 heavy (non-hydrogen) atoms. The molecule has 0 spiro atoms. The fourth-order valence-corrected chi connectivity index (χ4v) is 4.84. The fourth-order valence-electron chi connectivity index (χ4n) is 4.84. The average Bonchev–Trinajstić information content (AvgIpc) is 3.70. The molecule has 12 nitrogen and oxygen atoms in total. The van der Waals surface area contributed by atoms with Gasteiger partial charge in [-0.25, -0.2) is 4.39 Å². The van der Waals surface area contributed by atoms with Crippen molar-refractivity contribution in [3.63, 3.8) is 0 Å². The monoisotopic (exact) mass is 538 g/mol. The van der Waals surface area contributed by atoms with Crippen molar-refractivity contribution >= 4 is 23.2 Å². The van der Waals surface area contributed by atoms with Crippen molar-refractivity contribution in [2.75, 3.05) is 75.1 Å². The number of nitrogens with two attached hydrogens (primary N) is 1. The normalized spacial score (nSPS) is 20.1. The van der Waals surface area contributed by atoms with Crippen LogP contribution in [0.2, 0.25) is 0 Å². The van der Waals surface area contributed by atoms with E-state index in [2.05, 4.69) is 20.0 Å². The molecule has 13 heteroatoms. The molecule has 5 heterocycles. The minimum absolute atomic E-state index is 0.236. The lowest BCUT2D eigenvalue weighted by atomic mass is 10.2. The molecule has 0 radical (unpaired) electrons. The molecular formula is C26H31FN8O4. The van der Waals surface area contributed by atoms with Crippen LogP contribution in [0.5, 0.6) is 5.75 Å². The van der Waals surface area contributed by atoms with Crippen LogP contribution < -0.4 is 20.3 Å². The highest BCUT2D eigenvalue weighted by Crippen LogP contribution is 2.27. The third kappa shape index (κ3) is 5.33. The number of aliphatic hydroxyl groups is 1. The zero-order valence-corrected chi connectivity index (χ0v) is 21.6. The Kier molecular flexibility index (Phi) is 6.94. The van der Waals surface area contributed by atoms with Crippen LogP contribution in [0.1, 0.15) is 0 Å². The minimum Gasteiger partial charge on any atom is -0.485 e. The van der Waals surface area contributed by atoms with Gasteiger partial charge in [0.25, 0.3) is 0 Å². The van der Waals surface area contributed by atoms with Gasteiger partial charge in [-0.1, -0.05) is 0 Å². The number of fused-ring (bicyclic) bond motifs is 1. The van der Waals surface area contributed by atoms with Gasteiger partial charge in [-0.3, -0.25) is 4.90 Å². The molecule has 2 aliphatic rings. The van der Waals surface area contributed by atoms with Gasteiger partial charge in [0, 0.05) is 58.4 Å². The van der Waals surface area contributed by atoms with E-state index in [9.17, 15) is 9.50 Å². The van der Waals surface area contributed by atoms with Crippen LogP contribution in [-0.4, -0.2) is 101 Å². The summed E-state index contributed by atoms with van der Waals surface area (Å²) in [5, 5.41) is 14.3. The highest BCUT2D eigenvalue weighted by atomic mass is 19.1. The molecule has 206 valence electrons. The van der Waals surface area contributed by atoms with Crippen molar-refractivity contribution in [3.05, 3.63) is 48.5 Å². The van der Waals surface area contributed by atoms with Gasteiger partial charge in [-0.15, -0.1) is 0 Å². The minimum atomic E-state index is -0.696. The number of benzene rings is 1. The lowest BCUT2D eigenvalue weighted by Crippen LogP contribution is -2.48. The number of hydrogen-bond donors (Lipinski definition) is 2. The third-order valence-corrected chi connectivity index (χ3v) is 7.12.